The van der Waals surface area contributed by atoms with Gasteiger partial charge in [0.1, 0.15) is 18.0 Å². The second-order valence-corrected chi connectivity index (χ2v) is 5.48. The molecule has 0 aliphatic heterocycles. The normalized spacial score (nSPS) is 10.6. The minimum absolute atomic E-state index is 0.0287. The van der Waals surface area contributed by atoms with Crippen LogP contribution in [0.5, 0.6) is 11.5 Å². The van der Waals surface area contributed by atoms with Gasteiger partial charge in [-0.25, -0.2) is 4.79 Å². The van der Waals surface area contributed by atoms with Crippen LogP contribution < -0.4 is 20.5 Å². The fraction of sp³-hybridized carbons (Fsp3) is 0.176. The lowest BCUT2D eigenvalue weighted by atomic mass is 10.2. The molecule has 0 saturated heterocycles. The molecule has 1 amide bonds. The number of nitrogens with zero attached hydrogens (tertiary/aromatic N) is 2. The molecule has 10 nitrogen and oxygen atoms in total. The Kier molecular flexibility index (Phi) is 4.79. The van der Waals surface area contributed by atoms with Gasteiger partial charge in [0.05, 0.1) is 36.4 Å². The molecule has 1 aromatic heterocycles. The number of carbonyl (C=O) groups is 1. The SMILES string of the molecule is COc1ccc(OC)c(NC(=O)Cn2c(=O)oc3cc([N+](=O)[O-])ccc32)c1. The molecule has 0 saturated carbocycles. The maximum atomic E-state index is 12.4. The zero-order valence-electron chi connectivity index (χ0n) is 14.4. The smallest absolute Gasteiger partial charge is 0.420 e. The van der Waals surface area contributed by atoms with E-state index in [0.29, 0.717) is 17.2 Å². The van der Waals surface area contributed by atoms with Crippen LogP contribution in [-0.2, 0) is 11.3 Å². The van der Waals surface area contributed by atoms with Crippen molar-refractivity contribution >= 4 is 28.4 Å². The number of methoxy groups -OCH3 is 2. The monoisotopic (exact) mass is 373 g/mol. The summed E-state index contributed by atoms with van der Waals surface area (Å²) in [5.41, 5.74) is 0.464. The van der Waals surface area contributed by atoms with Crippen molar-refractivity contribution in [3.63, 3.8) is 0 Å². The summed E-state index contributed by atoms with van der Waals surface area (Å²) in [7, 11) is 2.95. The van der Waals surface area contributed by atoms with Gasteiger partial charge in [0.15, 0.2) is 5.58 Å². The molecule has 0 aliphatic carbocycles. The molecule has 3 aromatic rings. The van der Waals surface area contributed by atoms with E-state index in [0.717, 1.165) is 10.6 Å². The molecule has 27 heavy (non-hydrogen) atoms. The van der Waals surface area contributed by atoms with E-state index in [2.05, 4.69) is 5.32 Å². The average molecular weight is 373 g/mol. The number of nitrogens with one attached hydrogen (secondary N) is 1. The van der Waals surface area contributed by atoms with Gasteiger partial charge in [0, 0.05) is 12.1 Å². The molecule has 0 atom stereocenters. The van der Waals surface area contributed by atoms with Gasteiger partial charge < -0.3 is 19.2 Å². The van der Waals surface area contributed by atoms with Gasteiger partial charge in [0.25, 0.3) is 5.69 Å². The van der Waals surface area contributed by atoms with Gasteiger partial charge >= 0.3 is 5.76 Å². The van der Waals surface area contributed by atoms with Crippen LogP contribution in [0.2, 0.25) is 0 Å². The van der Waals surface area contributed by atoms with Crippen molar-refractivity contribution in [3.8, 4) is 11.5 Å². The van der Waals surface area contributed by atoms with E-state index >= 15 is 0 Å². The van der Waals surface area contributed by atoms with E-state index < -0.39 is 16.6 Å². The van der Waals surface area contributed by atoms with Crippen molar-refractivity contribution in [1.29, 1.82) is 0 Å². The molecule has 0 radical (unpaired) electrons. The number of amides is 1. The molecule has 0 aliphatic rings. The number of oxazole rings is 1. The van der Waals surface area contributed by atoms with Crippen LogP contribution in [0.15, 0.2) is 45.6 Å². The molecule has 1 N–H and O–H groups in total. The highest BCUT2D eigenvalue weighted by Crippen LogP contribution is 2.29. The number of carbonyl (C=O) groups excluding carboxylic acids is 1. The highest BCUT2D eigenvalue weighted by atomic mass is 16.6. The van der Waals surface area contributed by atoms with Crippen LogP contribution in [0.4, 0.5) is 11.4 Å². The van der Waals surface area contributed by atoms with E-state index in [-0.39, 0.29) is 23.3 Å². The van der Waals surface area contributed by atoms with Gasteiger partial charge in [-0.15, -0.1) is 0 Å². The molecule has 0 bridgehead atoms. The minimum atomic E-state index is -0.793. The maximum absolute atomic E-state index is 12.4. The Morgan fingerprint density at radius 1 is 1.22 bits per heavy atom. The number of nitro groups is 1. The zero-order valence-corrected chi connectivity index (χ0v) is 14.4. The summed E-state index contributed by atoms with van der Waals surface area (Å²) >= 11 is 0. The summed E-state index contributed by atoms with van der Waals surface area (Å²) < 4.78 is 16.4. The van der Waals surface area contributed by atoms with Crippen LogP contribution in [0, 0.1) is 10.1 Å². The molecule has 1 heterocycles. The fourth-order valence-electron chi connectivity index (χ4n) is 2.56. The topological polar surface area (TPSA) is 126 Å². The standard InChI is InChI=1S/C17H15N3O7/c1-25-11-4-6-14(26-2)12(8-11)18-16(21)9-19-13-5-3-10(20(23)24)7-15(13)27-17(19)22/h3-8H,9H2,1-2H3,(H,18,21). The Hall–Kier alpha value is -3.82. The lowest BCUT2D eigenvalue weighted by Crippen LogP contribution is -2.25. The molecule has 0 unspecified atom stereocenters. The van der Waals surface area contributed by atoms with Crippen LogP contribution in [0.1, 0.15) is 0 Å². The minimum Gasteiger partial charge on any atom is -0.497 e. The van der Waals surface area contributed by atoms with Crippen LogP contribution in [0.3, 0.4) is 0 Å². The predicted molar refractivity (Wildman–Crippen MR) is 95.3 cm³/mol. The van der Waals surface area contributed by atoms with E-state index in [1.165, 1.54) is 26.4 Å². The summed E-state index contributed by atoms with van der Waals surface area (Å²) in [6.45, 7) is -0.343. The Morgan fingerprint density at radius 2 is 2.00 bits per heavy atom. The predicted octanol–water partition coefficient (Wildman–Crippen LogP) is 2.16. The molecule has 140 valence electrons. The summed E-state index contributed by atoms with van der Waals surface area (Å²) in [6, 6.07) is 8.61. The largest absolute Gasteiger partial charge is 0.497 e. The van der Waals surface area contributed by atoms with Crippen molar-refractivity contribution in [2.24, 2.45) is 0 Å². The molecular formula is C17H15N3O7. The fourth-order valence-corrected chi connectivity index (χ4v) is 2.56. The number of nitro benzene ring substituents is 1. The van der Waals surface area contributed by atoms with Crippen molar-refractivity contribution in [2.45, 2.75) is 6.54 Å². The first-order valence-electron chi connectivity index (χ1n) is 7.72. The maximum Gasteiger partial charge on any atom is 0.420 e. The zero-order chi connectivity index (χ0) is 19.6. The number of benzene rings is 2. The first kappa shape index (κ1) is 18.0. The second-order valence-electron chi connectivity index (χ2n) is 5.48. The van der Waals surface area contributed by atoms with E-state index in [1.54, 1.807) is 18.2 Å². The van der Waals surface area contributed by atoms with Gasteiger partial charge in [-0.2, -0.15) is 0 Å². The first-order valence-corrected chi connectivity index (χ1v) is 7.72. The molecule has 0 spiro atoms. The quantitative estimate of drug-likeness (QED) is 0.518. The van der Waals surface area contributed by atoms with E-state index in [4.69, 9.17) is 13.9 Å². The Bertz CT molecular complexity index is 1080. The van der Waals surface area contributed by atoms with Gasteiger partial charge in [-0.1, -0.05) is 0 Å². The number of anilines is 1. The van der Waals surface area contributed by atoms with Crippen LogP contribution in [-0.4, -0.2) is 29.6 Å². The second kappa shape index (κ2) is 7.20. The molecular weight excluding hydrogens is 358 g/mol. The summed E-state index contributed by atoms with van der Waals surface area (Å²) in [5, 5.41) is 13.5. The lowest BCUT2D eigenvalue weighted by Gasteiger charge is -2.11. The van der Waals surface area contributed by atoms with E-state index in [9.17, 15) is 19.7 Å². The Labute approximate surface area is 152 Å². The number of hydrogen-bond acceptors (Lipinski definition) is 7. The molecule has 0 fully saturated rings. The van der Waals surface area contributed by atoms with Crippen molar-refractivity contribution in [1.82, 2.24) is 4.57 Å². The highest BCUT2D eigenvalue weighted by Gasteiger charge is 2.17. The first-order chi connectivity index (χ1) is 12.9. The molecule has 3 rings (SSSR count). The summed E-state index contributed by atoms with van der Waals surface area (Å²) in [5.74, 6) is -0.364. The Balaban J connectivity index is 1.87. The Morgan fingerprint density at radius 3 is 2.67 bits per heavy atom. The number of ether oxygens (including phenoxy) is 2. The number of hydrogen-bond donors (Lipinski definition) is 1. The number of non-ortho nitro benzene ring substituents is 1. The number of rotatable bonds is 6. The van der Waals surface area contributed by atoms with Crippen LogP contribution >= 0.6 is 0 Å². The van der Waals surface area contributed by atoms with Crippen molar-refractivity contribution in [2.75, 3.05) is 19.5 Å². The summed E-state index contributed by atoms with van der Waals surface area (Å²) in [4.78, 5) is 34.7. The van der Waals surface area contributed by atoms with Gasteiger partial charge in [-0.05, 0) is 18.2 Å². The lowest BCUT2D eigenvalue weighted by molar-refractivity contribution is -0.384. The third-order valence-corrected chi connectivity index (χ3v) is 3.85. The van der Waals surface area contributed by atoms with E-state index in [1.807, 2.05) is 0 Å². The van der Waals surface area contributed by atoms with Crippen LogP contribution in [0.25, 0.3) is 11.1 Å². The number of aromatic nitrogens is 1. The average Bonchev–Trinajstić information content (AvgIpc) is 2.96. The highest BCUT2D eigenvalue weighted by molar-refractivity contribution is 5.93. The third-order valence-electron chi connectivity index (χ3n) is 3.85. The molecule has 10 heteroatoms. The molecule has 2 aromatic carbocycles. The summed E-state index contributed by atoms with van der Waals surface area (Å²) in [6.07, 6.45) is 0. The number of fused-ring (bicyclic) bond motifs is 1. The van der Waals surface area contributed by atoms with Crippen molar-refractivity contribution in [3.05, 3.63) is 57.1 Å². The van der Waals surface area contributed by atoms with Gasteiger partial charge in [0.2, 0.25) is 5.91 Å². The van der Waals surface area contributed by atoms with Crippen molar-refractivity contribution < 1.29 is 23.6 Å². The van der Waals surface area contributed by atoms with Gasteiger partial charge in [-0.3, -0.25) is 19.5 Å². The third kappa shape index (κ3) is 3.59.